The first-order chi connectivity index (χ1) is 8.97. The summed E-state index contributed by atoms with van der Waals surface area (Å²) in [5.74, 6) is 5.18. The molecule has 0 aliphatic rings. The summed E-state index contributed by atoms with van der Waals surface area (Å²) in [5.41, 5.74) is 0.610. The molecule has 0 saturated heterocycles. The van der Waals surface area contributed by atoms with Crippen LogP contribution < -0.4 is 10.1 Å². The van der Waals surface area contributed by atoms with E-state index in [1.54, 1.807) is 6.92 Å². The van der Waals surface area contributed by atoms with Crippen molar-refractivity contribution in [2.24, 2.45) is 0 Å². The van der Waals surface area contributed by atoms with Crippen molar-refractivity contribution in [3.05, 3.63) is 27.4 Å². The van der Waals surface area contributed by atoms with E-state index in [4.69, 9.17) is 4.74 Å². The maximum atomic E-state index is 11.0. The summed E-state index contributed by atoms with van der Waals surface area (Å²) in [7, 11) is 1.32. The molecule has 0 bridgehead atoms. The molecule has 0 aliphatic heterocycles. The molecule has 19 heavy (non-hydrogen) atoms. The van der Waals surface area contributed by atoms with Gasteiger partial charge in [-0.2, -0.15) is 0 Å². The van der Waals surface area contributed by atoms with Crippen molar-refractivity contribution in [3.63, 3.8) is 0 Å². The van der Waals surface area contributed by atoms with Crippen LogP contribution in [0.2, 0.25) is 0 Å². The van der Waals surface area contributed by atoms with Crippen LogP contribution in [-0.2, 0) is 4.79 Å². The number of ether oxygens (including phenoxy) is 1. The van der Waals surface area contributed by atoms with Gasteiger partial charge in [0.2, 0.25) is 5.91 Å². The summed E-state index contributed by atoms with van der Waals surface area (Å²) in [6.45, 7) is 3.13. The molecule has 0 spiro atoms. The second kappa shape index (κ2) is 6.35. The lowest BCUT2D eigenvalue weighted by molar-refractivity contribution is -0.386. The summed E-state index contributed by atoms with van der Waals surface area (Å²) in [6.07, 6.45) is 1.40. The van der Waals surface area contributed by atoms with E-state index in [1.165, 1.54) is 20.2 Å². The summed E-state index contributed by atoms with van der Waals surface area (Å²) in [4.78, 5) is 24.9. The number of carbonyl (C=O) groups is 1. The van der Waals surface area contributed by atoms with E-state index in [-0.39, 0.29) is 24.0 Å². The molecule has 1 aromatic heterocycles. The monoisotopic (exact) mass is 263 g/mol. The number of nitrogens with zero attached hydrogens (tertiary/aromatic N) is 2. The van der Waals surface area contributed by atoms with Crippen LogP contribution >= 0.6 is 0 Å². The minimum absolute atomic E-state index is 0.0464. The highest BCUT2D eigenvalue weighted by atomic mass is 16.6. The summed E-state index contributed by atoms with van der Waals surface area (Å²) < 4.78 is 4.84. The lowest BCUT2D eigenvalue weighted by Gasteiger charge is -2.04. The number of rotatable bonds is 3. The van der Waals surface area contributed by atoms with Crippen LogP contribution in [0.25, 0.3) is 0 Å². The average Bonchev–Trinajstić information content (AvgIpc) is 2.34. The van der Waals surface area contributed by atoms with Gasteiger partial charge in [-0.3, -0.25) is 14.9 Å². The maximum Gasteiger partial charge on any atom is 0.335 e. The average molecular weight is 263 g/mol. The first-order valence-corrected chi connectivity index (χ1v) is 5.38. The Balaban J connectivity index is 3.07. The first-order valence-electron chi connectivity index (χ1n) is 5.38. The molecule has 1 aromatic rings. The zero-order valence-electron chi connectivity index (χ0n) is 10.8. The topological polar surface area (TPSA) is 94.4 Å². The van der Waals surface area contributed by atoms with Gasteiger partial charge in [0.15, 0.2) is 0 Å². The SMILES string of the molecule is COc1ncc(C#CCNC(C)=O)c(C)c1[N+](=O)[O-]. The fourth-order valence-corrected chi connectivity index (χ4v) is 1.37. The Morgan fingerprint density at radius 3 is 2.84 bits per heavy atom. The van der Waals surface area contributed by atoms with Gasteiger partial charge in [0.1, 0.15) is 0 Å². The van der Waals surface area contributed by atoms with Crippen LogP contribution in [0.15, 0.2) is 6.20 Å². The Morgan fingerprint density at radius 1 is 1.63 bits per heavy atom. The van der Waals surface area contributed by atoms with E-state index in [1.807, 2.05) is 0 Å². The van der Waals surface area contributed by atoms with Crippen molar-refractivity contribution in [2.75, 3.05) is 13.7 Å². The van der Waals surface area contributed by atoms with Crippen LogP contribution in [0.3, 0.4) is 0 Å². The van der Waals surface area contributed by atoms with Crippen molar-refractivity contribution >= 4 is 11.6 Å². The van der Waals surface area contributed by atoms with E-state index in [9.17, 15) is 14.9 Å². The largest absolute Gasteiger partial charge is 0.476 e. The molecule has 0 aromatic carbocycles. The number of hydrogen-bond acceptors (Lipinski definition) is 5. The molecule has 0 atom stereocenters. The molecule has 7 heteroatoms. The number of aromatic nitrogens is 1. The molecular formula is C12H13N3O4. The lowest BCUT2D eigenvalue weighted by atomic mass is 10.1. The fourth-order valence-electron chi connectivity index (χ4n) is 1.37. The molecular weight excluding hydrogens is 250 g/mol. The van der Waals surface area contributed by atoms with Gasteiger partial charge in [-0.1, -0.05) is 11.8 Å². The molecule has 1 heterocycles. The summed E-state index contributed by atoms with van der Waals surface area (Å²) in [5, 5.41) is 13.5. The van der Waals surface area contributed by atoms with Gasteiger partial charge in [0.25, 0.3) is 5.88 Å². The van der Waals surface area contributed by atoms with E-state index >= 15 is 0 Å². The van der Waals surface area contributed by atoms with Crippen LogP contribution in [0.1, 0.15) is 18.1 Å². The number of amides is 1. The van der Waals surface area contributed by atoms with Gasteiger partial charge in [0.05, 0.1) is 24.1 Å². The summed E-state index contributed by atoms with van der Waals surface area (Å²) in [6, 6.07) is 0. The number of carbonyl (C=O) groups excluding carboxylic acids is 1. The normalized spacial score (nSPS) is 9.21. The van der Waals surface area contributed by atoms with Crippen molar-refractivity contribution in [1.82, 2.24) is 10.3 Å². The molecule has 0 radical (unpaired) electrons. The first kappa shape index (κ1) is 14.4. The van der Waals surface area contributed by atoms with Gasteiger partial charge >= 0.3 is 5.69 Å². The molecule has 7 nitrogen and oxygen atoms in total. The number of hydrogen-bond donors (Lipinski definition) is 1. The van der Waals surface area contributed by atoms with Gasteiger partial charge in [-0.25, -0.2) is 4.98 Å². The third-order valence-electron chi connectivity index (χ3n) is 2.30. The van der Waals surface area contributed by atoms with Gasteiger partial charge in [-0.15, -0.1) is 0 Å². The van der Waals surface area contributed by atoms with Gasteiger partial charge in [-0.05, 0) is 6.92 Å². The minimum atomic E-state index is -0.555. The Bertz CT molecular complexity index is 572. The fraction of sp³-hybridized carbons (Fsp3) is 0.333. The standard InChI is InChI=1S/C12H13N3O4/c1-8-10(5-4-6-13-9(2)16)7-14-12(19-3)11(8)15(17)18/h7H,6H2,1-3H3,(H,13,16). The Labute approximate surface area is 110 Å². The minimum Gasteiger partial charge on any atom is -0.476 e. The number of nitro groups is 1. The quantitative estimate of drug-likeness (QED) is 0.494. The Hall–Kier alpha value is -2.62. The zero-order valence-corrected chi connectivity index (χ0v) is 10.8. The molecule has 1 N–H and O–H groups in total. The zero-order chi connectivity index (χ0) is 14.4. The van der Waals surface area contributed by atoms with E-state index in [0.717, 1.165) is 0 Å². The number of pyridine rings is 1. The van der Waals surface area contributed by atoms with Crippen molar-refractivity contribution < 1.29 is 14.5 Å². The van der Waals surface area contributed by atoms with E-state index in [0.29, 0.717) is 11.1 Å². The summed E-state index contributed by atoms with van der Waals surface area (Å²) >= 11 is 0. The molecule has 0 unspecified atom stereocenters. The van der Waals surface area contributed by atoms with Crippen molar-refractivity contribution in [2.45, 2.75) is 13.8 Å². The third-order valence-corrected chi connectivity index (χ3v) is 2.30. The van der Waals surface area contributed by atoms with Crippen molar-refractivity contribution in [1.29, 1.82) is 0 Å². The highest BCUT2D eigenvalue weighted by Gasteiger charge is 2.21. The smallest absolute Gasteiger partial charge is 0.335 e. The lowest BCUT2D eigenvalue weighted by Crippen LogP contribution is -2.19. The van der Waals surface area contributed by atoms with Gasteiger partial charge in [0, 0.05) is 18.7 Å². The molecule has 1 rings (SSSR count). The van der Waals surface area contributed by atoms with Crippen LogP contribution in [0.5, 0.6) is 5.88 Å². The molecule has 1 amide bonds. The number of methoxy groups -OCH3 is 1. The maximum absolute atomic E-state index is 11.0. The predicted molar refractivity (Wildman–Crippen MR) is 67.7 cm³/mol. The van der Waals surface area contributed by atoms with E-state index < -0.39 is 4.92 Å². The second-order valence-electron chi connectivity index (χ2n) is 3.62. The van der Waals surface area contributed by atoms with Crippen molar-refractivity contribution in [3.8, 4) is 17.7 Å². The van der Waals surface area contributed by atoms with Crippen LogP contribution in [-0.4, -0.2) is 29.5 Å². The Morgan fingerprint density at radius 2 is 2.32 bits per heavy atom. The van der Waals surface area contributed by atoms with Crippen LogP contribution in [0.4, 0.5) is 5.69 Å². The van der Waals surface area contributed by atoms with E-state index in [2.05, 4.69) is 22.1 Å². The molecule has 100 valence electrons. The molecule has 0 fully saturated rings. The third kappa shape index (κ3) is 3.67. The van der Waals surface area contributed by atoms with Gasteiger partial charge < -0.3 is 10.1 Å². The highest BCUT2D eigenvalue weighted by Crippen LogP contribution is 2.29. The molecule has 0 aliphatic carbocycles. The molecule has 0 saturated carbocycles. The Kier molecular flexibility index (Phi) is 4.83. The number of nitrogens with one attached hydrogen (secondary N) is 1. The van der Waals surface area contributed by atoms with Crippen LogP contribution in [0, 0.1) is 28.9 Å². The second-order valence-corrected chi connectivity index (χ2v) is 3.62. The highest BCUT2D eigenvalue weighted by molar-refractivity contribution is 5.73. The predicted octanol–water partition coefficient (Wildman–Crippen LogP) is 0.794.